The molecule has 4 rings (SSSR count). The molecule has 1 aliphatic rings. The molecular formula is C21H21Cl2N3O4S2. The van der Waals surface area contributed by atoms with E-state index in [4.69, 9.17) is 37.7 Å². The molecule has 1 saturated heterocycles. The smallest absolute Gasteiger partial charge is 0.244 e. The van der Waals surface area contributed by atoms with Crippen molar-refractivity contribution in [3.63, 3.8) is 0 Å². The van der Waals surface area contributed by atoms with E-state index in [2.05, 4.69) is 4.90 Å². The molecule has 32 heavy (non-hydrogen) atoms. The lowest BCUT2D eigenvalue weighted by molar-refractivity contribution is 0.385. The number of rotatable bonds is 6. The molecule has 0 radical (unpaired) electrons. The molecular weight excluding hydrogens is 493 g/mol. The number of halogens is 2. The zero-order valence-corrected chi connectivity index (χ0v) is 20.6. The van der Waals surface area contributed by atoms with Crippen LogP contribution in [0.3, 0.4) is 0 Å². The van der Waals surface area contributed by atoms with Crippen LogP contribution in [0, 0.1) is 0 Å². The average molecular weight is 514 g/mol. The van der Waals surface area contributed by atoms with Gasteiger partial charge in [0.25, 0.3) is 0 Å². The highest BCUT2D eigenvalue weighted by Crippen LogP contribution is 2.34. The Labute approximate surface area is 201 Å². The van der Waals surface area contributed by atoms with Gasteiger partial charge in [0.15, 0.2) is 5.13 Å². The third-order valence-corrected chi connectivity index (χ3v) is 8.68. The van der Waals surface area contributed by atoms with E-state index in [0.29, 0.717) is 42.7 Å². The van der Waals surface area contributed by atoms with Gasteiger partial charge in [0.1, 0.15) is 16.4 Å². The molecule has 0 bridgehead atoms. The summed E-state index contributed by atoms with van der Waals surface area (Å²) in [4.78, 5) is 6.91. The highest BCUT2D eigenvalue weighted by Gasteiger charge is 2.31. The molecule has 7 nitrogen and oxygen atoms in total. The number of methoxy groups -OCH3 is 2. The van der Waals surface area contributed by atoms with Crippen LogP contribution in [0.25, 0.3) is 11.3 Å². The van der Waals surface area contributed by atoms with Gasteiger partial charge in [-0.25, -0.2) is 13.4 Å². The molecule has 0 spiro atoms. The van der Waals surface area contributed by atoms with Gasteiger partial charge in [-0.2, -0.15) is 4.31 Å². The largest absolute Gasteiger partial charge is 0.497 e. The predicted octanol–water partition coefficient (Wildman–Crippen LogP) is 4.65. The normalized spacial score (nSPS) is 15.1. The van der Waals surface area contributed by atoms with Gasteiger partial charge < -0.3 is 14.4 Å². The van der Waals surface area contributed by atoms with E-state index in [9.17, 15) is 8.42 Å². The summed E-state index contributed by atoms with van der Waals surface area (Å²) in [6, 6.07) is 10.0. The molecule has 2 heterocycles. The molecule has 3 aromatic rings. The Morgan fingerprint density at radius 2 is 1.62 bits per heavy atom. The van der Waals surface area contributed by atoms with Crippen molar-refractivity contribution < 1.29 is 17.9 Å². The van der Waals surface area contributed by atoms with Crippen LogP contribution in [0.2, 0.25) is 10.0 Å². The first-order chi connectivity index (χ1) is 15.3. The van der Waals surface area contributed by atoms with Gasteiger partial charge in [0, 0.05) is 48.2 Å². The highest BCUT2D eigenvalue weighted by molar-refractivity contribution is 7.89. The third-order valence-electron chi connectivity index (χ3n) is 5.16. The number of hydrogen-bond acceptors (Lipinski definition) is 7. The van der Waals surface area contributed by atoms with Crippen molar-refractivity contribution in [1.82, 2.24) is 9.29 Å². The van der Waals surface area contributed by atoms with Gasteiger partial charge in [-0.05, 0) is 30.3 Å². The molecule has 1 fully saturated rings. The number of ether oxygens (including phenoxy) is 2. The number of piperazine rings is 1. The zero-order chi connectivity index (χ0) is 22.9. The van der Waals surface area contributed by atoms with E-state index in [1.54, 1.807) is 14.2 Å². The molecule has 11 heteroatoms. The van der Waals surface area contributed by atoms with Crippen molar-refractivity contribution in [3.8, 4) is 22.8 Å². The molecule has 0 unspecified atom stereocenters. The number of anilines is 1. The SMILES string of the molecule is COc1cc(OC)cc(-c2csc(N3CCN(S(=O)(=O)c4ccc(Cl)cc4Cl)CC3)n2)c1. The molecule has 2 aromatic carbocycles. The van der Waals surface area contributed by atoms with Gasteiger partial charge >= 0.3 is 0 Å². The van der Waals surface area contributed by atoms with Crippen molar-refractivity contribution >= 4 is 49.7 Å². The van der Waals surface area contributed by atoms with Crippen molar-refractivity contribution in [3.05, 3.63) is 51.8 Å². The lowest BCUT2D eigenvalue weighted by Gasteiger charge is -2.33. The number of thiazole rings is 1. The van der Waals surface area contributed by atoms with Crippen LogP contribution in [-0.4, -0.2) is 58.1 Å². The van der Waals surface area contributed by atoms with E-state index < -0.39 is 10.0 Å². The van der Waals surface area contributed by atoms with Crippen LogP contribution in [0.4, 0.5) is 5.13 Å². The Kier molecular flexibility index (Phi) is 6.83. The molecule has 0 atom stereocenters. The summed E-state index contributed by atoms with van der Waals surface area (Å²) in [7, 11) is -0.483. The summed E-state index contributed by atoms with van der Waals surface area (Å²) in [6.07, 6.45) is 0. The standard InChI is InChI=1S/C21H21Cl2N3O4S2/c1-29-16-9-14(10-17(12-16)30-2)19-13-31-21(24-19)25-5-7-26(8-6-25)32(27,28)20-4-3-15(22)11-18(20)23/h3-4,9-13H,5-8H2,1-2H3. The third kappa shape index (κ3) is 4.67. The van der Waals surface area contributed by atoms with Gasteiger partial charge in [0.2, 0.25) is 10.0 Å². The molecule has 0 saturated carbocycles. The second-order valence-electron chi connectivity index (χ2n) is 7.08. The summed E-state index contributed by atoms with van der Waals surface area (Å²) in [5, 5.41) is 3.33. The minimum Gasteiger partial charge on any atom is -0.497 e. The zero-order valence-electron chi connectivity index (χ0n) is 17.4. The second-order valence-corrected chi connectivity index (χ2v) is 10.7. The van der Waals surface area contributed by atoms with Crippen molar-refractivity contribution in [2.24, 2.45) is 0 Å². The number of nitrogens with zero attached hydrogens (tertiary/aromatic N) is 3. The fraction of sp³-hybridized carbons (Fsp3) is 0.286. The second kappa shape index (κ2) is 9.44. The summed E-state index contributed by atoms with van der Waals surface area (Å²) >= 11 is 13.6. The monoisotopic (exact) mass is 513 g/mol. The quantitative estimate of drug-likeness (QED) is 0.477. The van der Waals surface area contributed by atoms with Gasteiger partial charge in [0.05, 0.1) is 24.9 Å². The number of aromatic nitrogens is 1. The van der Waals surface area contributed by atoms with Crippen molar-refractivity contribution in [1.29, 1.82) is 0 Å². The molecule has 170 valence electrons. The predicted molar refractivity (Wildman–Crippen MR) is 128 cm³/mol. The van der Waals surface area contributed by atoms with Gasteiger partial charge in [-0.1, -0.05) is 23.2 Å². The molecule has 0 N–H and O–H groups in total. The lowest BCUT2D eigenvalue weighted by atomic mass is 10.1. The first-order valence-corrected chi connectivity index (χ1v) is 12.8. The summed E-state index contributed by atoms with van der Waals surface area (Å²) in [5.41, 5.74) is 1.70. The van der Waals surface area contributed by atoms with Crippen molar-refractivity contribution in [2.75, 3.05) is 45.3 Å². The van der Waals surface area contributed by atoms with Crippen molar-refractivity contribution in [2.45, 2.75) is 4.90 Å². The number of benzene rings is 2. The minimum atomic E-state index is -3.70. The molecule has 0 aliphatic carbocycles. The lowest BCUT2D eigenvalue weighted by Crippen LogP contribution is -2.48. The van der Waals surface area contributed by atoms with Crippen LogP contribution >= 0.6 is 34.5 Å². The molecule has 0 amide bonds. The van der Waals surface area contributed by atoms with Crippen LogP contribution in [-0.2, 0) is 10.0 Å². The van der Waals surface area contributed by atoms with E-state index in [1.165, 1.54) is 33.8 Å². The fourth-order valence-electron chi connectivity index (χ4n) is 3.44. The maximum Gasteiger partial charge on any atom is 0.244 e. The van der Waals surface area contributed by atoms with Crippen LogP contribution in [0.5, 0.6) is 11.5 Å². The molecule has 1 aromatic heterocycles. The van der Waals surface area contributed by atoms with Gasteiger partial charge in [-0.3, -0.25) is 0 Å². The number of sulfonamides is 1. The van der Waals surface area contributed by atoms with Crippen LogP contribution < -0.4 is 14.4 Å². The Hall–Kier alpha value is -2.04. The number of hydrogen-bond donors (Lipinski definition) is 0. The topological polar surface area (TPSA) is 72.0 Å². The Morgan fingerprint density at radius 1 is 0.969 bits per heavy atom. The van der Waals surface area contributed by atoms with E-state index in [1.807, 2.05) is 23.6 Å². The maximum absolute atomic E-state index is 13.0. The average Bonchev–Trinajstić information content (AvgIpc) is 3.29. The van der Waals surface area contributed by atoms with E-state index >= 15 is 0 Å². The minimum absolute atomic E-state index is 0.0699. The fourth-order valence-corrected chi connectivity index (χ4v) is 6.50. The summed E-state index contributed by atoms with van der Waals surface area (Å²) in [5.74, 6) is 1.38. The Morgan fingerprint density at radius 3 is 2.22 bits per heavy atom. The first-order valence-electron chi connectivity index (χ1n) is 9.71. The van der Waals surface area contributed by atoms with Crippen LogP contribution in [0.1, 0.15) is 0 Å². The highest BCUT2D eigenvalue weighted by atomic mass is 35.5. The summed E-state index contributed by atoms with van der Waals surface area (Å²) < 4.78 is 38.2. The maximum atomic E-state index is 13.0. The Balaban J connectivity index is 1.48. The first kappa shape index (κ1) is 23.1. The van der Waals surface area contributed by atoms with Gasteiger partial charge in [-0.15, -0.1) is 11.3 Å². The van der Waals surface area contributed by atoms with E-state index in [0.717, 1.165) is 16.4 Å². The molecule has 1 aliphatic heterocycles. The Bertz CT molecular complexity index is 1200. The summed E-state index contributed by atoms with van der Waals surface area (Å²) in [6.45, 7) is 1.73. The van der Waals surface area contributed by atoms with E-state index in [-0.39, 0.29) is 9.92 Å². The van der Waals surface area contributed by atoms with Crippen LogP contribution in [0.15, 0.2) is 46.7 Å².